The minimum atomic E-state index is -3.55. The Hall–Kier alpha value is -1.11. The molecule has 1 atom stereocenters. The van der Waals surface area contributed by atoms with Crippen molar-refractivity contribution in [2.75, 3.05) is 25.6 Å². The molecule has 6 heteroatoms. The highest BCUT2D eigenvalue weighted by Crippen LogP contribution is 2.21. The van der Waals surface area contributed by atoms with E-state index in [1.165, 1.54) is 0 Å². The molecule has 0 aliphatic heterocycles. The first-order valence-corrected chi connectivity index (χ1v) is 8.37. The van der Waals surface area contributed by atoms with Crippen LogP contribution in [0.2, 0.25) is 0 Å². The van der Waals surface area contributed by atoms with Crippen LogP contribution in [0, 0.1) is 0 Å². The van der Waals surface area contributed by atoms with Gasteiger partial charge in [0.1, 0.15) is 4.90 Å². The Morgan fingerprint density at radius 1 is 1.25 bits per heavy atom. The van der Waals surface area contributed by atoms with E-state index >= 15 is 0 Å². The number of hydrogen-bond acceptors (Lipinski definition) is 4. The van der Waals surface area contributed by atoms with Gasteiger partial charge in [-0.25, -0.2) is 13.1 Å². The second kappa shape index (κ2) is 8.24. The molecule has 0 heterocycles. The molecular weight excluding hydrogens is 276 g/mol. The zero-order valence-electron chi connectivity index (χ0n) is 12.3. The van der Waals surface area contributed by atoms with Gasteiger partial charge in [-0.1, -0.05) is 25.5 Å². The molecule has 0 aliphatic carbocycles. The van der Waals surface area contributed by atoms with E-state index in [9.17, 15) is 8.42 Å². The van der Waals surface area contributed by atoms with Crippen molar-refractivity contribution in [3.8, 4) is 0 Å². The maximum Gasteiger partial charge on any atom is 0.242 e. The lowest BCUT2D eigenvalue weighted by Gasteiger charge is -2.19. The maximum atomic E-state index is 12.5. The van der Waals surface area contributed by atoms with Gasteiger partial charge in [-0.2, -0.15) is 0 Å². The summed E-state index contributed by atoms with van der Waals surface area (Å²) >= 11 is 0. The molecule has 0 saturated carbocycles. The summed E-state index contributed by atoms with van der Waals surface area (Å²) < 4.78 is 32.8. The fourth-order valence-electron chi connectivity index (χ4n) is 2.05. The molecule has 0 radical (unpaired) electrons. The first kappa shape index (κ1) is 16.9. The van der Waals surface area contributed by atoms with Gasteiger partial charge in [0.25, 0.3) is 0 Å². The summed E-state index contributed by atoms with van der Waals surface area (Å²) in [7, 11) is -1.98. The second-order valence-corrected chi connectivity index (χ2v) is 6.27. The largest absolute Gasteiger partial charge is 0.384 e. The molecule has 5 nitrogen and oxygen atoms in total. The van der Waals surface area contributed by atoms with Crippen LogP contribution in [0.4, 0.5) is 5.69 Å². The van der Waals surface area contributed by atoms with E-state index in [1.54, 1.807) is 25.3 Å². The molecule has 1 unspecified atom stereocenters. The van der Waals surface area contributed by atoms with Gasteiger partial charge in [-0.15, -0.1) is 0 Å². The predicted molar refractivity (Wildman–Crippen MR) is 81.5 cm³/mol. The molecule has 1 aromatic rings. The topological polar surface area (TPSA) is 67.4 Å². The smallest absolute Gasteiger partial charge is 0.242 e. The summed E-state index contributed by atoms with van der Waals surface area (Å²) in [6.07, 6.45) is 1.64. The third-order valence-corrected chi connectivity index (χ3v) is 4.45. The van der Waals surface area contributed by atoms with Crippen molar-refractivity contribution in [1.29, 1.82) is 0 Å². The number of nitrogens with one attached hydrogen (secondary N) is 2. The first-order chi connectivity index (χ1) is 9.55. The number of hydrogen-bond donors (Lipinski definition) is 2. The van der Waals surface area contributed by atoms with Gasteiger partial charge in [0, 0.05) is 19.7 Å². The molecule has 0 aromatic heterocycles. The normalized spacial score (nSPS) is 13.2. The Balaban J connectivity index is 2.97. The Morgan fingerprint density at radius 3 is 2.55 bits per heavy atom. The summed E-state index contributed by atoms with van der Waals surface area (Å²) in [6, 6.07) is 6.71. The van der Waals surface area contributed by atoms with E-state index < -0.39 is 10.0 Å². The summed E-state index contributed by atoms with van der Waals surface area (Å²) in [5, 5.41) is 3.07. The number of para-hydroxylation sites is 1. The van der Waals surface area contributed by atoms with Crippen LogP contribution in [0.3, 0.4) is 0 Å². The minimum Gasteiger partial charge on any atom is -0.384 e. The maximum absolute atomic E-state index is 12.5. The molecule has 114 valence electrons. The number of sulfonamides is 1. The molecule has 0 bridgehead atoms. The average molecular weight is 300 g/mol. The third kappa shape index (κ3) is 4.77. The average Bonchev–Trinajstić information content (AvgIpc) is 2.40. The molecule has 0 aliphatic rings. The van der Waals surface area contributed by atoms with Gasteiger partial charge in [-0.3, -0.25) is 0 Å². The predicted octanol–water partition coefficient (Wildman–Crippen LogP) is 2.21. The Bertz CT molecular complexity index is 497. The molecule has 1 aromatic carbocycles. The highest BCUT2D eigenvalue weighted by molar-refractivity contribution is 7.89. The van der Waals surface area contributed by atoms with Crippen molar-refractivity contribution < 1.29 is 13.2 Å². The summed E-state index contributed by atoms with van der Waals surface area (Å²) in [5.74, 6) is 0. The van der Waals surface area contributed by atoms with Crippen molar-refractivity contribution in [2.24, 2.45) is 0 Å². The lowest BCUT2D eigenvalue weighted by molar-refractivity contribution is 0.171. The zero-order chi connectivity index (χ0) is 15.0. The van der Waals surface area contributed by atoms with Crippen LogP contribution in [0.25, 0.3) is 0 Å². The number of rotatable bonds is 9. The molecular formula is C14H24N2O3S. The Kier molecular flexibility index (Phi) is 6.98. The van der Waals surface area contributed by atoms with Crippen molar-refractivity contribution in [2.45, 2.75) is 37.6 Å². The molecule has 0 spiro atoms. The van der Waals surface area contributed by atoms with Gasteiger partial charge in [0.05, 0.1) is 12.3 Å². The van der Waals surface area contributed by atoms with Crippen molar-refractivity contribution >= 4 is 15.7 Å². The zero-order valence-corrected chi connectivity index (χ0v) is 13.2. The molecule has 1 rings (SSSR count). The first-order valence-electron chi connectivity index (χ1n) is 6.89. The molecule has 2 N–H and O–H groups in total. The van der Waals surface area contributed by atoms with E-state index in [2.05, 4.69) is 10.0 Å². The van der Waals surface area contributed by atoms with Gasteiger partial charge in [0.2, 0.25) is 10.0 Å². The standard InChI is InChI=1S/C14H24N2O3S/c1-4-8-12(11-19-3)16-20(17,18)14-10-7-6-9-13(14)15-5-2/h6-7,9-10,12,15-16H,4-5,8,11H2,1-3H3. The van der Waals surface area contributed by atoms with Gasteiger partial charge in [0.15, 0.2) is 0 Å². The van der Waals surface area contributed by atoms with Crippen LogP contribution in [0.1, 0.15) is 26.7 Å². The molecule has 0 fully saturated rings. The molecule has 0 saturated heterocycles. The minimum absolute atomic E-state index is 0.204. The fraction of sp³-hybridized carbons (Fsp3) is 0.571. The third-order valence-electron chi connectivity index (χ3n) is 2.87. The highest BCUT2D eigenvalue weighted by atomic mass is 32.2. The lowest BCUT2D eigenvalue weighted by Crippen LogP contribution is -2.38. The summed E-state index contributed by atoms with van der Waals surface area (Å²) in [5.41, 5.74) is 0.621. The van der Waals surface area contributed by atoms with Crippen LogP contribution in [0.5, 0.6) is 0 Å². The number of benzene rings is 1. The lowest BCUT2D eigenvalue weighted by atomic mass is 10.2. The van der Waals surface area contributed by atoms with Gasteiger partial charge in [-0.05, 0) is 25.5 Å². The summed E-state index contributed by atoms with van der Waals surface area (Å²) in [6.45, 7) is 4.99. The Labute approximate surface area is 121 Å². The van der Waals surface area contributed by atoms with Crippen LogP contribution in [-0.2, 0) is 14.8 Å². The van der Waals surface area contributed by atoms with Crippen molar-refractivity contribution in [3.63, 3.8) is 0 Å². The number of anilines is 1. The number of ether oxygens (including phenoxy) is 1. The van der Waals surface area contributed by atoms with Gasteiger partial charge < -0.3 is 10.1 Å². The van der Waals surface area contributed by atoms with E-state index in [-0.39, 0.29) is 10.9 Å². The van der Waals surface area contributed by atoms with Crippen LogP contribution >= 0.6 is 0 Å². The van der Waals surface area contributed by atoms with E-state index in [0.29, 0.717) is 18.8 Å². The van der Waals surface area contributed by atoms with Crippen molar-refractivity contribution in [1.82, 2.24) is 4.72 Å². The molecule has 0 amide bonds. The Morgan fingerprint density at radius 2 is 1.95 bits per heavy atom. The SMILES string of the molecule is CCCC(COC)NS(=O)(=O)c1ccccc1NCC. The second-order valence-electron chi connectivity index (χ2n) is 4.59. The highest BCUT2D eigenvalue weighted by Gasteiger charge is 2.22. The monoisotopic (exact) mass is 300 g/mol. The van der Waals surface area contributed by atoms with E-state index in [0.717, 1.165) is 12.8 Å². The van der Waals surface area contributed by atoms with Crippen LogP contribution in [0.15, 0.2) is 29.2 Å². The van der Waals surface area contributed by atoms with Gasteiger partial charge >= 0.3 is 0 Å². The quantitative estimate of drug-likeness (QED) is 0.734. The van der Waals surface area contributed by atoms with E-state index in [1.807, 2.05) is 19.9 Å². The van der Waals surface area contributed by atoms with Crippen LogP contribution in [-0.4, -0.2) is 34.7 Å². The van der Waals surface area contributed by atoms with Crippen molar-refractivity contribution in [3.05, 3.63) is 24.3 Å². The van der Waals surface area contributed by atoms with E-state index in [4.69, 9.17) is 4.74 Å². The summed E-state index contributed by atoms with van der Waals surface area (Å²) in [4.78, 5) is 0.277. The van der Waals surface area contributed by atoms with Crippen LogP contribution < -0.4 is 10.0 Å². The fourth-order valence-corrected chi connectivity index (χ4v) is 3.49. The number of methoxy groups -OCH3 is 1. The molecule has 20 heavy (non-hydrogen) atoms.